The number of anilines is 1. The zero-order valence-corrected chi connectivity index (χ0v) is 14.5. The second kappa shape index (κ2) is 8.18. The van der Waals surface area contributed by atoms with Crippen molar-refractivity contribution < 1.29 is 14.6 Å². The number of phenols is 1. The van der Waals surface area contributed by atoms with Gasteiger partial charge in [-0.1, -0.05) is 36.2 Å². The molecule has 6 heteroatoms. The van der Waals surface area contributed by atoms with Crippen molar-refractivity contribution in [2.24, 2.45) is 0 Å². The molecule has 0 aliphatic heterocycles. The van der Waals surface area contributed by atoms with E-state index in [1.54, 1.807) is 19.2 Å². The molecule has 0 fully saturated rings. The van der Waals surface area contributed by atoms with E-state index in [1.807, 2.05) is 18.2 Å². The van der Waals surface area contributed by atoms with Gasteiger partial charge < -0.3 is 19.9 Å². The second-order valence-corrected chi connectivity index (χ2v) is 5.79. The fraction of sp³-hybridized carbons (Fsp3) is 0.294. The predicted octanol–water partition coefficient (Wildman–Crippen LogP) is 5.11. The Bertz CT molecular complexity index is 654. The Morgan fingerprint density at radius 3 is 2.39 bits per heavy atom. The average Bonchev–Trinajstić information content (AvgIpc) is 2.56. The number of hydrogen-bond acceptors (Lipinski definition) is 4. The highest BCUT2D eigenvalue weighted by Gasteiger charge is 2.08. The van der Waals surface area contributed by atoms with Gasteiger partial charge in [0.1, 0.15) is 0 Å². The second-order valence-electron chi connectivity index (χ2n) is 4.98. The third-order valence-corrected chi connectivity index (χ3v) is 3.78. The van der Waals surface area contributed by atoms with E-state index in [1.165, 1.54) is 0 Å². The Hall–Kier alpha value is -1.78. The SMILES string of the molecule is CCCOc1ccc(CNc2cc(Cl)c(O)c(Cl)c2)cc1OC. The molecule has 2 aromatic rings. The zero-order chi connectivity index (χ0) is 16.8. The maximum absolute atomic E-state index is 9.56. The molecule has 4 nitrogen and oxygen atoms in total. The summed E-state index contributed by atoms with van der Waals surface area (Å²) >= 11 is 11.8. The van der Waals surface area contributed by atoms with Crippen molar-refractivity contribution in [3.8, 4) is 17.2 Å². The summed E-state index contributed by atoms with van der Waals surface area (Å²) in [5, 5.41) is 13.2. The summed E-state index contributed by atoms with van der Waals surface area (Å²) in [4.78, 5) is 0. The van der Waals surface area contributed by atoms with Gasteiger partial charge in [-0.3, -0.25) is 0 Å². The number of aromatic hydroxyl groups is 1. The number of benzene rings is 2. The van der Waals surface area contributed by atoms with Gasteiger partial charge in [0.05, 0.1) is 23.8 Å². The molecule has 0 saturated heterocycles. The fourth-order valence-electron chi connectivity index (χ4n) is 2.02. The summed E-state index contributed by atoms with van der Waals surface area (Å²) in [5.74, 6) is 1.31. The Balaban J connectivity index is 2.08. The van der Waals surface area contributed by atoms with Gasteiger partial charge in [-0.15, -0.1) is 0 Å². The zero-order valence-electron chi connectivity index (χ0n) is 13.0. The molecule has 0 bridgehead atoms. The van der Waals surface area contributed by atoms with Crippen molar-refractivity contribution in [2.75, 3.05) is 19.0 Å². The van der Waals surface area contributed by atoms with E-state index in [0.717, 1.165) is 23.4 Å². The van der Waals surface area contributed by atoms with E-state index in [2.05, 4.69) is 12.2 Å². The fourth-order valence-corrected chi connectivity index (χ4v) is 2.51. The summed E-state index contributed by atoms with van der Waals surface area (Å²) in [5.41, 5.74) is 1.74. The number of phenolic OH excluding ortho intramolecular Hbond substituents is 1. The van der Waals surface area contributed by atoms with Gasteiger partial charge in [0.25, 0.3) is 0 Å². The van der Waals surface area contributed by atoms with Crippen molar-refractivity contribution in [3.05, 3.63) is 45.9 Å². The molecule has 23 heavy (non-hydrogen) atoms. The van der Waals surface area contributed by atoms with Crippen LogP contribution in [0, 0.1) is 0 Å². The van der Waals surface area contributed by atoms with Gasteiger partial charge in [-0.2, -0.15) is 0 Å². The molecule has 0 radical (unpaired) electrons. The first-order chi connectivity index (χ1) is 11.0. The number of hydrogen-bond donors (Lipinski definition) is 2. The Morgan fingerprint density at radius 2 is 1.78 bits per heavy atom. The maximum Gasteiger partial charge on any atom is 0.161 e. The highest BCUT2D eigenvalue weighted by Crippen LogP contribution is 2.35. The van der Waals surface area contributed by atoms with Crippen molar-refractivity contribution >= 4 is 28.9 Å². The van der Waals surface area contributed by atoms with E-state index in [-0.39, 0.29) is 15.8 Å². The van der Waals surface area contributed by atoms with Crippen LogP contribution in [-0.4, -0.2) is 18.8 Å². The molecule has 0 spiro atoms. The van der Waals surface area contributed by atoms with Crippen LogP contribution in [0.3, 0.4) is 0 Å². The van der Waals surface area contributed by atoms with Crippen molar-refractivity contribution in [1.29, 1.82) is 0 Å². The van der Waals surface area contributed by atoms with Gasteiger partial charge in [-0.05, 0) is 36.2 Å². The van der Waals surface area contributed by atoms with E-state index >= 15 is 0 Å². The van der Waals surface area contributed by atoms with E-state index < -0.39 is 0 Å². The normalized spacial score (nSPS) is 10.4. The van der Waals surface area contributed by atoms with Crippen LogP contribution in [0.5, 0.6) is 17.2 Å². The number of ether oxygens (including phenoxy) is 2. The number of nitrogens with one attached hydrogen (secondary N) is 1. The standard InChI is InChI=1S/C17H19Cl2NO3/c1-3-6-23-15-5-4-11(7-16(15)22-2)10-20-12-8-13(18)17(21)14(19)9-12/h4-5,7-9,20-21H,3,6,10H2,1-2H3. The highest BCUT2D eigenvalue weighted by atomic mass is 35.5. The summed E-state index contributed by atoms with van der Waals surface area (Å²) < 4.78 is 11.0. The summed E-state index contributed by atoms with van der Waals surface area (Å²) in [7, 11) is 1.62. The van der Waals surface area contributed by atoms with Crippen molar-refractivity contribution in [3.63, 3.8) is 0 Å². The smallest absolute Gasteiger partial charge is 0.161 e. The molecule has 0 unspecified atom stereocenters. The average molecular weight is 356 g/mol. The lowest BCUT2D eigenvalue weighted by molar-refractivity contribution is 0.294. The molecular formula is C17H19Cl2NO3. The molecule has 0 saturated carbocycles. The third kappa shape index (κ3) is 4.60. The summed E-state index contributed by atoms with van der Waals surface area (Å²) in [6, 6.07) is 9.02. The molecule has 0 heterocycles. The molecule has 0 aromatic heterocycles. The molecule has 2 rings (SSSR count). The Kier molecular flexibility index (Phi) is 6.25. The van der Waals surface area contributed by atoms with Gasteiger partial charge in [0.15, 0.2) is 17.2 Å². The minimum absolute atomic E-state index is 0.113. The monoisotopic (exact) mass is 355 g/mol. The van der Waals surface area contributed by atoms with Gasteiger partial charge in [0.2, 0.25) is 0 Å². The van der Waals surface area contributed by atoms with Crippen LogP contribution in [0.2, 0.25) is 10.0 Å². The van der Waals surface area contributed by atoms with E-state index in [0.29, 0.717) is 18.9 Å². The minimum Gasteiger partial charge on any atom is -0.505 e. The lowest BCUT2D eigenvalue weighted by atomic mass is 10.2. The molecule has 0 atom stereocenters. The molecule has 2 N–H and O–H groups in total. The van der Waals surface area contributed by atoms with Crippen LogP contribution in [0.15, 0.2) is 30.3 Å². The third-order valence-electron chi connectivity index (χ3n) is 3.20. The quantitative estimate of drug-likeness (QED) is 0.677. The van der Waals surface area contributed by atoms with Crippen molar-refractivity contribution in [2.45, 2.75) is 19.9 Å². The van der Waals surface area contributed by atoms with Gasteiger partial charge in [0, 0.05) is 12.2 Å². The molecule has 2 aromatic carbocycles. The van der Waals surface area contributed by atoms with Crippen LogP contribution >= 0.6 is 23.2 Å². The van der Waals surface area contributed by atoms with E-state index in [4.69, 9.17) is 32.7 Å². The van der Waals surface area contributed by atoms with Crippen LogP contribution in [-0.2, 0) is 6.54 Å². The lowest BCUT2D eigenvalue weighted by Gasteiger charge is -2.13. The topological polar surface area (TPSA) is 50.7 Å². The molecule has 0 aliphatic carbocycles. The van der Waals surface area contributed by atoms with Gasteiger partial charge in [-0.25, -0.2) is 0 Å². The number of rotatable bonds is 7. The minimum atomic E-state index is -0.113. The first kappa shape index (κ1) is 17.6. The van der Waals surface area contributed by atoms with Crippen LogP contribution < -0.4 is 14.8 Å². The summed E-state index contributed by atoms with van der Waals surface area (Å²) in [6.45, 7) is 3.26. The molecule has 124 valence electrons. The van der Waals surface area contributed by atoms with Crippen molar-refractivity contribution in [1.82, 2.24) is 0 Å². The van der Waals surface area contributed by atoms with Gasteiger partial charge >= 0.3 is 0 Å². The predicted molar refractivity (Wildman–Crippen MR) is 94.2 cm³/mol. The largest absolute Gasteiger partial charge is 0.505 e. The number of methoxy groups -OCH3 is 1. The number of halogens is 2. The molecule has 0 amide bonds. The maximum atomic E-state index is 9.56. The van der Waals surface area contributed by atoms with Crippen LogP contribution in [0.1, 0.15) is 18.9 Å². The van der Waals surface area contributed by atoms with Crippen LogP contribution in [0.25, 0.3) is 0 Å². The lowest BCUT2D eigenvalue weighted by Crippen LogP contribution is -2.02. The molecule has 0 aliphatic rings. The summed E-state index contributed by atoms with van der Waals surface area (Å²) in [6.07, 6.45) is 0.939. The molecular weight excluding hydrogens is 337 g/mol. The Morgan fingerprint density at radius 1 is 1.09 bits per heavy atom. The Labute approximate surface area is 145 Å². The first-order valence-corrected chi connectivity index (χ1v) is 8.02. The van der Waals surface area contributed by atoms with Crippen LogP contribution in [0.4, 0.5) is 5.69 Å². The highest BCUT2D eigenvalue weighted by molar-refractivity contribution is 6.37. The van der Waals surface area contributed by atoms with E-state index in [9.17, 15) is 5.11 Å². The first-order valence-electron chi connectivity index (χ1n) is 7.26.